The number of hydrogen-bond donors (Lipinski definition) is 2. The molecule has 1 aromatic heterocycles. The van der Waals surface area contributed by atoms with Crippen molar-refractivity contribution in [2.45, 2.75) is 17.1 Å². The zero-order chi connectivity index (χ0) is 18.0. The quantitative estimate of drug-likeness (QED) is 0.780. The third kappa shape index (κ3) is 3.96. The summed E-state index contributed by atoms with van der Waals surface area (Å²) in [5.74, 6) is -1.30. The molecule has 0 aliphatic carbocycles. The zero-order valence-corrected chi connectivity index (χ0v) is 15.3. The second kappa shape index (κ2) is 7.30. The smallest absolute Gasteiger partial charge is 0.317 e. The fourth-order valence-electron chi connectivity index (χ4n) is 3.21. The number of aliphatic carboxylic acids is 1. The Balaban J connectivity index is 1.48. The van der Waals surface area contributed by atoms with Gasteiger partial charge in [0.2, 0.25) is 0 Å². The van der Waals surface area contributed by atoms with Gasteiger partial charge in [-0.25, -0.2) is 13.2 Å². The molecule has 0 spiro atoms. The van der Waals surface area contributed by atoms with Crippen molar-refractivity contribution < 1.29 is 23.1 Å². The Hall–Kier alpha value is -1.65. The van der Waals surface area contributed by atoms with Crippen LogP contribution >= 0.6 is 11.3 Å². The fourth-order valence-corrected chi connectivity index (χ4v) is 5.88. The number of carbonyl (C=O) groups excluding carboxylic acids is 1. The van der Waals surface area contributed by atoms with Crippen molar-refractivity contribution in [3.05, 3.63) is 17.5 Å². The molecule has 2 fully saturated rings. The third-order valence-corrected chi connectivity index (χ3v) is 7.94. The lowest BCUT2D eigenvalue weighted by Crippen LogP contribution is -2.41. The number of hydrogen-bond acceptors (Lipinski definition) is 5. The molecule has 0 aromatic carbocycles. The number of thiophene rings is 1. The van der Waals surface area contributed by atoms with Crippen LogP contribution in [-0.4, -0.2) is 67.5 Å². The van der Waals surface area contributed by atoms with Gasteiger partial charge in [-0.3, -0.25) is 4.79 Å². The summed E-state index contributed by atoms with van der Waals surface area (Å²) < 4.78 is 26.8. The van der Waals surface area contributed by atoms with Crippen LogP contribution in [-0.2, 0) is 14.8 Å². The van der Waals surface area contributed by atoms with E-state index < -0.39 is 21.9 Å². The topological polar surface area (TPSA) is 107 Å². The van der Waals surface area contributed by atoms with E-state index in [1.165, 1.54) is 20.5 Å². The van der Waals surface area contributed by atoms with Gasteiger partial charge >= 0.3 is 12.0 Å². The van der Waals surface area contributed by atoms with Crippen molar-refractivity contribution >= 4 is 33.4 Å². The lowest BCUT2D eigenvalue weighted by Gasteiger charge is -2.19. The normalized spacial score (nSPS) is 24.6. The Bertz CT molecular complexity index is 734. The first kappa shape index (κ1) is 18.2. The molecule has 3 heterocycles. The molecule has 0 bridgehead atoms. The van der Waals surface area contributed by atoms with Gasteiger partial charge in [-0.15, -0.1) is 11.3 Å². The summed E-state index contributed by atoms with van der Waals surface area (Å²) in [6.07, 6.45) is 1.17. The predicted octanol–water partition coefficient (Wildman–Crippen LogP) is 0.875. The molecule has 138 valence electrons. The van der Waals surface area contributed by atoms with Crippen LogP contribution in [0.4, 0.5) is 4.79 Å². The van der Waals surface area contributed by atoms with E-state index >= 15 is 0 Å². The summed E-state index contributed by atoms with van der Waals surface area (Å²) >= 11 is 1.20. The maximum Gasteiger partial charge on any atom is 0.317 e. The number of carbonyl (C=O) groups is 2. The van der Waals surface area contributed by atoms with Crippen LogP contribution in [0.3, 0.4) is 0 Å². The molecular formula is C15H21N3O5S2. The molecule has 2 aliphatic rings. The Morgan fingerprint density at radius 1 is 1.28 bits per heavy atom. The van der Waals surface area contributed by atoms with E-state index in [0.29, 0.717) is 43.2 Å². The van der Waals surface area contributed by atoms with Gasteiger partial charge in [-0.2, -0.15) is 4.31 Å². The zero-order valence-electron chi connectivity index (χ0n) is 13.6. The van der Waals surface area contributed by atoms with Gasteiger partial charge < -0.3 is 15.3 Å². The molecule has 0 radical (unpaired) electrons. The van der Waals surface area contributed by atoms with Crippen molar-refractivity contribution in [3.63, 3.8) is 0 Å². The summed E-state index contributed by atoms with van der Waals surface area (Å²) in [4.78, 5) is 24.6. The SMILES string of the molecule is O=C(O)C1CCN(C(=O)NCC2CCN(S(=O)(=O)c3cccs3)C2)C1. The van der Waals surface area contributed by atoms with Crippen molar-refractivity contribution in [1.82, 2.24) is 14.5 Å². The van der Waals surface area contributed by atoms with Crippen molar-refractivity contribution in [1.29, 1.82) is 0 Å². The first-order chi connectivity index (χ1) is 11.9. The van der Waals surface area contributed by atoms with Gasteiger partial charge in [-0.1, -0.05) is 6.07 Å². The summed E-state index contributed by atoms with van der Waals surface area (Å²) in [5, 5.41) is 13.5. The van der Waals surface area contributed by atoms with Crippen molar-refractivity contribution in [2.24, 2.45) is 11.8 Å². The number of rotatable bonds is 5. The highest BCUT2D eigenvalue weighted by Gasteiger charge is 2.34. The van der Waals surface area contributed by atoms with E-state index in [-0.39, 0.29) is 18.5 Å². The lowest BCUT2D eigenvalue weighted by molar-refractivity contribution is -0.141. The first-order valence-corrected chi connectivity index (χ1v) is 10.5. The summed E-state index contributed by atoms with van der Waals surface area (Å²) in [6, 6.07) is 3.04. The molecule has 25 heavy (non-hydrogen) atoms. The minimum Gasteiger partial charge on any atom is -0.481 e. The number of nitrogens with one attached hydrogen (secondary N) is 1. The number of carboxylic acid groups (broad SMARTS) is 1. The average molecular weight is 387 g/mol. The van der Waals surface area contributed by atoms with Gasteiger partial charge in [0.1, 0.15) is 4.21 Å². The van der Waals surface area contributed by atoms with Crippen LogP contribution in [0.1, 0.15) is 12.8 Å². The lowest BCUT2D eigenvalue weighted by atomic mass is 10.1. The van der Waals surface area contributed by atoms with Crippen LogP contribution in [0, 0.1) is 11.8 Å². The standard InChI is InChI=1S/C15H21N3O5S2/c19-14(20)12-4-5-17(10-12)15(21)16-8-11-3-6-18(9-11)25(22,23)13-2-1-7-24-13/h1-2,7,11-12H,3-6,8-10H2,(H,16,21)(H,19,20). The fraction of sp³-hybridized carbons (Fsp3) is 0.600. The summed E-state index contributed by atoms with van der Waals surface area (Å²) in [5.41, 5.74) is 0. The van der Waals surface area contributed by atoms with Crippen LogP contribution in [0.15, 0.2) is 21.7 Å². The maximum absolute atomic E-state index is 12.5. The van der Waals surface area contributed by atoms with E-state index in [1.54, 1.807) is 17.5 Å². The Kier molecular flexibility index (Phi) is 5.30. The molecule has 2 N–H and O–H groups in total. The number of carboxylic acids is 1. The number of nitrogens with zero attached hydrogens (tertiary/aromatic N) is 2. The molecule has 2 atom stereocenters. The average Bonchev–Trinajstić information content (AvgIpc) is 3.34. The molecule has 2 amide bonds. The molecule has 1 aromatic rings. The largest absolute Gasteiger partial charge is 0.481 e. The van der Waals surface area contributed by atoms with Gasteiger partial charge in [0.05, 0.1) is 5.92 Å². The number of sulfonamides is 1. The maximum atomic E-state index is 12.5. The minimum absolute atomic E-state index is 0.0663. The number of urea groups is 1. The van der Waals surface area contributed by atoms with E-state index in [1.807, 2.05) is 0 Å². The summed E-state index contributed by atoms with van der Waals surface area (Å²) in [6.45, 7) is 1.89. The molecule has 2 aliphatic heterocycles. The van der Waals surface area contributed by atoms with Crippen LogP contribution in [0.2, 0.25) is 0 Å². The second-order valence-electron chi connectivity index (χ2n) is 6.41. The van der Waals surface area contributed by atoms with E-state index in [2.05, 4.69) is 5.32 Å². The van der Waals surface area contributed by atoms with Crippen LogP contribution in [0.25, 0.3) is 0 Å². The third-order valence-electron chi connectivity index (χ3n) is 4.70. The number of amides is 2. The van der Waals surface area contributed by atoms with Gasteiger partial charge in [0.15, 0.2) is 0 Å². The Morgan fingerprint density at radius 2 is 2.08 bits per heavy atom. The molecule has 10 heteroatoms. The molecule has 2 saturated heterocycles. The molecule has 0 saturated carbocycles. The highest BCUT2D eigenvalue weighted by molar-refractivity contribution is 7.91. The first-order valence-electron chi connectivity index (χ1n) is 8.17. The predicted molar refractivity (Wildman–Crippen MR) is 91.9 cm³/mol. The Morgan fingerprint density at radius 3 is 2.72 bits per heavy atom. The molecule has 2 unspecified atom stereocenters. The monoisotopic (exact) mass is 387 g/mol. The van der Waals surface area contributed by atoms with E-state index in [0.717, 1.165) is 0 Å². The van der Waals surface area contributed by atoms with Crippen LogP contribution in [0.5, 0.6) is 0 Å². The molecule has 8 nitrogen and oxygen atoms in total. The molecular weight excluding hydrogens is 366 g/mol. The van der Waals surface area contributed by atoms with Crippen molar-refractivity contribution in [2.75, 3.05) is 32.7 Å². The number of likely N-dealkylation sites (tertiary alicyclic amines) is 1. The van der Waals surface area contributed by atoms with Gasteiger partial charge in [0.25, 0.3) is 10.0 Å². The highest BCUT2D eigenvalue weighted by atomic mass is 32.2. The molecule has 3 rings (SSSR count). The van der Waals surface area contributed by atoms with E-state index in [9.17, 15) is 18.0 Å². The minimum atomic E-state index is -3.44. The van der Waals surface area contributed by atoms with Crippen molar-refractivity contribution in [3.8, 4) is 0 Å². The Labute approximate surface area is 150 Å². The highest BCUT2D eigenvalue weighted by Crippen LogP contribution is 2.26. The van der Waals surface area contributed by atoms with Gasteiger partial charge in [-0.05, 0) is 30.2 Å². The van der Waals surface area contributed by atoms with E-state index in [4.69, 9.17) is 5.11 Å². The van der Waals surface area contributed by atoms with Gasteiger partial charge in [0, 0.05) is 32.7 Å². The van der Waals surface area contributed by atoms with Crippen LogP contribution < -0.4 is 5.32 Å². The second-order valence-corrected chi connectivity index (χ2v) is 9.52. The summed E-state index contributed by atoms with van der Waals surface area (Å²) in [7, 11) is -3.44.